The van der Waals surface area contributed by atoms with Crippen LogP contribution in [0.2, 0.25) is 0 Å². The van der Waals surface area contributed by atoms with Crippen LogP contribution in [0.15, 0.2) is 35.7 Å². The molecule has 3 rings (SSSR count). The van der Waals surface area contributed by atoms with Crippen LogP contribution in [-0.4, -0.2) is 18.3 Å². The molecule has 1 heterocycles. The van der Waals surface area contributed by atoms with E-state index in [0.29, 0.717) is 12.6 Å². The maximum Gasteiger partial charge on any atom is 0.119 e. The molecule has 0 saturated carbocycles. The van der Waals surface area contributed by atoms with E-state index in [0.717, 1.165) is 11.4 Å². The van der Waals surface area contributed by atoms with Gasteiger partial charge in [-0.25, -0.2) is 0 Å². The van der Waals surface area contributed by atoms with Gasteiger partial charge in [-0.1, -0.05) is 0 Å². The van der Waals surface area contributed by atoms with Crippen molar-refractivity contribution in [1.29, 1.82) is 0 Å². The number of nitrogens with one attached hydrogen (secondary N) is 1. The van der Waals surface area contributed by atoms with E-state index in [1.165, 1.54) is 29.7 Å². The molecule has 2 aromatic rings. The fraction of sp³-hybridized carbons (Fsp3) is 0.375. The molecule has 3 nitrogen and oxygen atoms in total. The second-order valence-electron chi connectivity index (χ2n) is 4.98. The lowest BCUT2D eigenvalue weighted by atomic mass is 9.94. The summed E-state index contributed by atoms with van der Waals surface area (Å²) in [6.07, 6.45) is 3.66. The number of benzene rings is 1. The molecular weight excluding hydrogens is 270 g/mol. The Hall–Kier alpha value is -1.52. The van der Waals surface area contributed by atoms with E-state index in [-0.39, 0.29) is 6.61 Å². The predicted octanol–water partition coefficient (Wildman–Crippen LogP) is 3.61. The predicted molar refractivity (Wildman–Crippen MR) is 82.6 cm³/mol. The highest BCUT2D eigenvalue weighted by Crippen LogP contribution is 2.35. The van der Waals surface area contributed by atoms with Gasteiger partial charge >= 0.3 is 0 Å². The molecule has 0 radical (unpaired) electrons. The van der Waals surface area contributed by atoms with Crippen molar-refractivity contribution in [2.45, 2.75) is 25.3 Å². The van der Waals surface area contributed by atoms with E-state index < -0.39 is 0 Å². The molecule has 1 unspecified atom stereocenters. The van der Waals surface area contributed by atoms with Gasteiger partial charge in [0.25, 0.3) is 0 Å². The number of anilines is 1. The molecule has 2 N–H and O–H groups in total. The first-order chi connectivity index (χ1) is 9.86. The Morgan fingerprint density at radius 1 is 1.25 bits per heavy atom. The van der Waals surface area contributed by atoms with Gasteiger partial charge in [0.15, 0.2) is 0 Å². The highest BCUT2D eigenvalue weighted by atomic mass is 32.1. The topological polar surface area (TPSA) is 41.5 Å². The highest BCUT2D eigenvalue weighted by Gasteiger charge is 2.20. The van der Waals surface area contributed by atoms with Crippen molar-refractivity contribution in [2.24, 2.45) is 0 Å². The summed E-state index contributed by atoms with van der Waals surface area (Å²) in [5, 5.41) is 14.5. The van der Waals surface area contributed by atoms with Crippen molar-refractivity contribution in [1.82, 2.24) is 0 Å². The van der Waals surface area contributed by atoms with Gasteiger partial charge in [-0.15, -0.1) is 11.3 Å². The molecule has 1 aromatic carbocycles. The zero-order valence-electron chi connectivity index (χ0n) is 11.3. The van der Waals surface area contributed by atoms with Crippen LogP contribution < -0.4 is 10.1 Å². The van der Waals surface area contributed by atoms with Crippen molar-refractivity contribution in [3.8, 4) is 5.75 Å². The number of fused-ring (bicyclic) bond motifs is 1. The van der Waals surface area contributed by atoms with Gasteiger partial charge in [0.1, 0.15) is 12.4 Å². The first-order valence-electron chi connectivity index (χ1n) is 7.03. The molecule has 4 heteroatoms. The zero-order valence-corrected chi connectivity index (χ0v) is 12.2. The summed E-state index contributed by atoms with van der Waals surface area (Å²) in [6.45, 7) is 0.386. The fourth-order valence-electron chi connectivity index (χ4n) is 2.65. The molecule has 0 bridgehead atoms. The molecule has 0 fully saturated rings. The van der Waals surface area contributed by atoms with E-state index >= 15 is 0 Å². The van der Waals surface area contributed by atoms with Crippen LogP contribution in [0.25, 0.3) is 0 Å². The van der Waals surface area contributed by atoms with Gasteiger partial charge in [0.2, 0.25) is 0 Å². The molecule has 1 aromatic heterocycles. The van der Waals surface area contributed by atoms with Gasteiger partial charge in [-0.3, -0.25) is 0 Å². The van der Waals surface area contributed by atoms with E-state index in [1.807, 2.05) is 35.6 Å². The SMILES string of the molecule is OCCOc1ccc(NC2CCCc3sccc32)cc1. The summed E-state index contributed by atoms with van der Waals surface area (Å²) in [4.78, 5) is 1.52. The van der Waals surface area contributed by atoms with Crippen LogP contribution in [0, 0.1) is 0 Å². The summed E-state index contributed by atoms with van der Waals surface area (Å²) in [7, 11) is 0. The molecular formula is C16H19NO2S. The van der Waals surface area contributed by atoms with Crippen LogP contribution in [0.3, 0.4) is 0 Å². The normalized spacial score (nSPS) is 17.6. The third-order valence-corrected chi connectivity index (χ3v) is 4.60. The van der Waals surface area contributed by atoms with Gasteiger partial charge in [0.05, 0.1) is 12.6 Å². The number of aryl methyl sites for hydroxylation is 1. The average molecular weight is 289 g/mol. The third-order valence-electron chi connectivity index (χ3n) is 3.61. The molecule has 0 amide bonds. The lowest BCUT2D eigenvalue weighted by molar-refractivity contribution is 0.201. The molecule has 20 heavy (non-hydrogen) atoms. The average Bonchev–Trinajstić information content (AvgIpc) is 2.96. The molecule has 1 aliphatic rings. The Balaban J connectivity index is 1.67. The number of aliphatic hydroxyl groups is 1. The largest absolute Gasteiger partial charge is 0.491 e. The van der Waals surface area contributed by atoms with Crippen LogP contribution in [0.5, 0.6) is 5.75 Å². The van der Waals surface area contributed by atoms with E-state index in [9.17, 15) is 0 Å². The number of hydrogen-bond acceptors (Lipinski definition) is 4. The third kappa shape index (κ3) is 2.97. The molecule has 1 atom stereocenters. The number of thiophene rings is 1. The van der Waals surface area contributed by atoms with Crippen molar-refractivity contribution < 1.29 is 9.84 Å². The number of aliphatic hydroxyl groups excluding tert-OH is 1. The second-order valence-corrected chi connectivity index (χ2v) is 5.99. The first kappa shape index (κ1) is 13.5. The zero-order chi connectivity index (χ0) is 13.8. The van der Waals surface area contributed by atoms with Crippen molar-refractivity contribution in [3.63, 3.8) is 0 Å². The minimum absolute atomic E-state index is 0.0447. The summed E-state index contributed by atoms with van der Waals surface area (Å²) in [5.74, 6) is 0.796. The van der Waals surface area contributed by atoms with Crippen molar-refractivity contribution in [2.75, 3.05) is 18.5 Å². The number of rotatable bonds is 5. The summed E-state index contributed by atoms with van der Waals surface area (Å²) >= 11 is 1.87. The number of hydrogen-bond donors (Lipinski definition) is 2. The van der Waals surface area contributed by atoms with E-state index in [2.05, 4.69) is 16.8 Å². The van der Waals surface area contributed by atoms with Crippen LogP contribution in [0.1, 0.15) is 29.3 Å². The highest BCUT2D eigenvalue weighted by molar-refractivity contribution is 7.10. The minimum Gasteiger partial charge on any atom is -0.491 e. The Morgan fingerprint density at radius 2 is 2.10 bits per heavy atom. The Kier molecular flexibility index (Phi) is 4.23. The summed E-state index contributed by atoms with van der Waals surface area (Å²) < 4.78 is 5.37. The molecule has 0 saturated heterocycles. The molecule has 106 valence electrons. The molecule has 0 spiro atoms. The van der Waals surface area contributed by atoms with Gasteiger partial charge in [0, 0.05) is 10.6 Å². The fourth-order valence-corrected chi connectivity index (χ4v) is 3.64. The Labute approximate surface area is 123 Å². The quantitative estimate of drug-likeness (QED) is 0.883. The van der Waals surface area contributed by atoms with Crippen LogP contribution >= 0.6 is 11.3 Å². The van der Waals surface area contributed by atoms with E-state index in [4.69, 9.17) is 9.84 Å². The monoisotopic (exact) mass is 289 g/mol. The van der Waals surface area contributed by atoms with Crippen LogP contribution in [0.4, 0.5) is 5.69 Å². The lowest BCUT2D eigenvalue weighted by Crippen LogP contribution is -2.15. The first-order valence-corrected chi connectivity index (χ1v) is 7.91. The van der Waals surface area contributed by atoms with Gasteiger partial charge in [-0.2, -0.15) is 0 Å². The van der Waals surface area contributed by atoms with Gasteiger partial charge in [-0.05, 0) is 60.5 Å². The van der Waals surface area contributed by atoms with Crippen LogP contribution in [-0.2, 0) is 6.42 Å². The maximum absolute atomic E-state index is 8.73. The van der Waals surface area contributed by atoms with E-state index in [1.54, 1.807) is 0 Å². The van der Waals surface area contributed by atoms with Crippen molar-refractivity contribution in [3.05, 3.63) is 46.2 Å². The molecule has 0 aliphatic heterocycles. The number of ether oxygens (including phenoxy) is 1. The smallest absolute Gasteiger partial charge is 0.119 e. The minimum atomic E-state index is 0.0447. The van der Waals surface area contributed by atoms with Crippen molar-refractivity contribution >= 4 is 17.0 Å². The second kappa shape index (κ2) is 6.29. The lowest BCUT2D eigenvalue weighted by Gasteiger charge is -2.24. The Bertz CT molecular complexity index is 550. The summed E-state index contributed by atoms with van der Waals surface area (Å²) in [6, 6.07) is 10.6. The van der Waals surface area contributed by atoms with Gasteiger partial charge < -0.3 is 15.2 Å². The summed E-state index contributed by atoms with van der Waals surface area (Å²) in [5.41, 5.74) is 2.58. The Morgan fingerprint density at radius 3 is 2.90 bits per heavy atom. The maximum atomic E-state index is 8.73. The molecule has 1 aliphatic carbocycles. The standard InChI is InChI=1S/C16H19NO2S/c18-9-10-19-13-6-4-12(5-7-13)17-15-2-1-3-16-14(15)8-11-20-16/h4-8,11,15,17-18H,1-3,9-10H2.